The summed E-state index contributed by atoms with van der Waals surface area (Å²) in [5.74, 6) is 0.849. The van der Waals surface area contributed by atoms with Crippen molar-refractivity contribution in [1.29, 1.82) is 0 Å². The van der Waals surface area contributed by atoms with E-state index < -0.39 is 0 Å². The minimum absolute atomic E-state index is 0.249. The molecule has 108 valence electrons. The van der Waals surface area contributed by atoms with Gasteiger partial charge in [-0.25, -0.2) is 0 Å². The lowest BCUT2D eigenvalue weighted by Crippen LogP contribution is -2.42. The summed E-state index contributed by atoms with van der Waals surface area (Å²) < 4.78 is 1.27. The summed E-state index contributed by atoms with van der Waals surface area (Å²) in [7, 11) is 0. The van der Waals surface area contributed by atoms with Crippen LogP contribution in [0.1, 0.15) is 38.5 Å². The summed E-state index contributed by atoms with van der Waals surface area (Å²) in [6.45, 7) is 11.5. The van der Waals surface area contributed by atoms with Crippen molar-refractivity contribution in [1.82, 2.24) is 10.2 Å². The Bertz CT molecular complexity index is 389. The molecule has 0 saturated carbocycles. The number of nitrogens with zero attached hydrogens (tertiary/aromatic N) is 1. The maximum absolute atomic E-state index is 3.64. The van der Waals surface area contributed by atoms with Gasteiger partial charge >= 0.3 is 0 Å². The second-order valence-electron chi connectivity index (χ2n) is 6.54. The Balaban J connectivity index is 1.72. The Hall–Kier alpha value is 0.100. The third-order valence-electron chi connectivity index (χ3n) is 3.69. The topological polar surface area (TPSA) is 15.3 Å². The summed E-state index contributed by atoms with van der Waals surface area (Å²) in [6.07, 6.45) is 2.65. The summed E-state index contributed by atoms with van der Waals surface area (Å²) in [5, 5.41) is 5.80. The number of piperidine rings is 1. The molecule has 1 aliphatic rings. The molecule has 1 aromatic heterocycles. The molecule has 1 aliphatic heterocycles. The van der Waals surface area contributed by atoms with Gasteiger partial charge in [-0.3, -0.25) is 4.90 Å². The van der Waals surface area contributed by atoms with Gasteiger partial charge in [0.15, 0.2) is 0 Å². The van der Waals surface area contributed by atoms with Gasteiger partial charge in [-0.15, -0.1) is 11.3 Å². The van der Waals surface area contributed by atoms with E-state index in [0.29, 0.717) is 0 Å². The van der Waals surface area contributed by atoms with E-state index >= 15 is 0 Å². The standard InChI is InChI=1S/C15H25BrN2S/c1-15(2,3)17-10-12-4-7-18(8-5-12)11-14-13(16)6-9-19-14/h6,9,12,17H,4-5,7-8,10-11H2,1-3H3. The lowest BCUT2D eigenvalue weighted by molar-refractivity contribution is 0.171. The quantitative estimate of drug-likeness (QED) is 0.883. The van der Waals surface area contributed by atoms with E-state index in [1.165, 1.54) is 41.8 Å². The van der Waals surface area contributed by atoms with Crippen LogP contribution in [-0.4, -0.2) is 30.1 Å². The molecule has 0 unspecified atom stereocenters. The van der Waals surface area contributed by atoms with Crippen LogP contribution in [0.15, 0.2) is 15.9 Å². The van der Waals surface area contributed by atoms with Gasteiger partial charge in [0.05, 0.1) is 0 Å². The molecule has 0 aromatic carbocycles. The Morgan fingerprint density at radius 2 is 2.05 bits per heavy atom. The van der Waals surface area contributed by atoms with E-state index in [1.54, 1.807) is 0 Å². The van der Waals surface area contributed by atoms with Gasteiger partial charge in [0.1, 0.15) is 0 Å². The molecule has 0 aliphatic carbocycles. The van der Waals surface area contributed by atoms with E-state index in [4.69, 9.17) is 0 Å². The number of halogens is 1. The summed E-state index contributed by atoms with van der Waals surface area (Å²) >= 11 is 5.48. The van der Waals surface area contributed by atoms with Crippen LogP contribution in [0.5, 0.6) is 0 Å². The van der Waals surface area contributed by atoms with E-state index in [2.05, 4.69) is 58.4 Å². The largest absolute Gasteiger partial charge is 0.312 e. The van der Waals surface area contributed by atoms with Crippen LogP contribution in [0.4, 0.5) is 0 Å². The number of nitrogens with one attached hydrogen (secondary N) is 1. The second kappa shape index (κ2) is 6.70. The van der Waals surface area contributed by atoms with Crippen LogP contribution < -0.4 is 5.32 Å². The summed E-state index contributed by atoms with van der Waals surface area (Å²) in [4.78, 5) is 4.05. The molecule has 19 heavy (non-hydrogen) atoms. The third kappa shape index (κ3) is 5.18. The lowest BCUT2D eigenvalue weighted by atomic mass is 9.95. The van der Waals surface area contributed by atoms with E-state index in [1.807, 2.05) is 11.3 Å². The predicted molar refractivity (Wildman–Crippen MR) is 87.8 cm³/mol. The Kier molecular flexibility index (Phi) is 5.46. The zero-order chi connectivity index (χ0) is 13.9. The maximum atomic E-state index is 3.64. The van der Waals surface area contributed by atoms with Crippen LogP contribution in [0.2, 0.25) is 0 Å². The molecule has 4 heteroatoms. The average Bonchev–Trinajstić information content (AvgIpc) is 2.73. The van der Waals surface area contributed by atoms with Gasteiger partial charge in [-0.1, -0.05) is 0 Å². The van der Waals surface area contributed by atoms with Crippen LogP contribution in [0, 0.1) is 5.92 Å². The summed E-state index contributed by atoms with van der Waals surface area (Å²) in [6, 6.07) is 2.15. The SMILES string of the molecule is CC(C)(C)NCC1CCN(Cc2sccc2Br)CC1. The zero-order valence-electron chi connectivity index (χ0n) is 12.2. The molecule has 0 radical (unpaired) electrons. The van der Waals surface area contributed by atoms with E-state index in [9.17, 15) is 0 Å². The summed E-state index contributed by atoms with van der Waals surface area (Å²) in [5.41, 5.74) is 0.249. The van der Waals surface area contributed by atoms with Crippen molar-refractivity contribution in [2.24, 2.45) is 5.92 Å². The average molecular weight is 345 g/mol. The monoisotopic (exact) mass is 344 g/mol. The van der Waals surface area contributed by atoms with Crippen molar-refractivity contribution in [3.8, 4) is 0 Å². The van der Waals surface area contributed by atoms with Gasteiger partial charge in [0.2, 0.25) is 0 Å². The Morgan fingerprint density at radius 1 is 1.37 bits per heavy atom. The fourth-order valence-corrected chi connectivity index (χ4v) is 3.96. The molecule has 0 bridgehead atoms. The Morgan fingerprint density at radius 3 is 2.58 bits per heavy atom. The highest BCUT2D eigenvalue weighted by atomic mass is 79.9. The molecular formula is C15H25BrN2S. The van der Waals surface area contributed by atoms with Gasteiger partial charge in [-0.2, -0.15) is 0 Å². The first-order valence-electron chi connectivity index (χ1n) is 7.13. The minimum atomic E-state index is 0.249. The van der Waals surface area contributed by atoms with Gasteiger partial charge in [0, 0.05) is 21.4 Å². The fraction of sp³-hybridized carbons (Fsp3) is 0.733. The van der Waals surface area contributed by atoms with Crippen molar-refractivity contribution in [3.05, 3.63) is 20.8 Å². The van der Waals surface area contributed by atoms with Crippen molar-refractivity contribution in [2.45, 2.75) is 45.7 Å². The van der Waals surface area contributed by atoms with Crippen LogP contribution in [-0.2, 0) is 6.54 Å². The molecule has 1 fully saturated rings. The predicted octanol–water partition coefficient (Wildman–Crippen LogP) is 4.11. The van der Waals surface area contributed by atoms with E-state index in [0.717, 1.165) is 12.5 Å². The third-order valence-corrected chi connectivity index (χ3v) is 5.60. The highest BCUT2D eigenvalue weighted by Crippen LogP contribution is 2.26. The highest BCUT2D eigenvalue weighted by Gasteiger charge is 2.21. The normalized spacial score (nSPS) is 18.9. The first kappa shape index (κ1) is 15.5. The molecule has 1 aromatic rings. The molecule has 2 heterocycles. The highest BCUT2D eigenvalue weighted by molar-refractivity contribution is 9.10. The lowest BCUT2D eigenvalue weighted by Gasteiger charge is -2.33. The Labute approximate surface area is 129 Å². The van der Waals surface area contributed by atoms with Crippen molar-refractivity contribution < 1.29 is 0 Å². The zero-order valence-corrected chi connectivity index (χ0v) is 14.6. The smallest absolute Gasteiger partial charge is 0.0339 e. The fourth-order valence-electron chi connectivity index (χ4n) is 2.44. The molecule has 0 spiro atoms. The second-order valence-corrected chi connectivity index (χ2v) is 8.40. The number of hydrogen-bond donors (Lipinski definition) is 1. The minimum Gasteiger partial charge on any atom is -0.312 e. The number of thiophene rings is 1. The molecule has 2 rings (SSSR count). The van der Waals surface area contributed by atoms with Crippen molar-refractivity contribution in [2.75, 3.05) is 19.6 Å². The molecular weight excluding hydrogens is 320 g/mol. The molecule has 0 amide bonds. The van der Waals surface area contributed by atoms with Crippen molar-refractivity contribution >= 4 is 27.3 Å². The molecule has 1 saturated heterocycles. The van der Waals surface area contributed by atoms with E-state index in [-0.39, 0.29) is 5.54 Å². The van der Waals surface area contributed by atoms with Crippen LogP contribution in [0.25, 0.3) is 0 Å². The van der Waals surface area contributed by atoms with Crippen molar-refractivity contribution in [3.63, 3.8) is 0 Å². The van der Waals surface area contributed by atoms with Crippen LogP contribution >= 0.6 is 27.3 Å². The molecule has 1 N–H and O–H groups in total. The van der Waals surface area contributed by atoms with Crippen LogP contribution in [0.3, 0.4) is 0 Å². The van der Waals surface area contributed by atoms with Gasteiger partial charge in [-0.05, 0) is 86.5 Å². The number of likely N-dealkylation sites (tertiary alicyclic amines) is 1. The maximum Gasteiger partial charge on any atom is 0.0339 e. The van der Waals surface area contributed by atoms with Gasteiger partial charge < -0.3 is 5.32 Å². The first-order valence-corrected chi connectivity index (χ1v) is 8.80. The molecule has 0 atom stereocenters. The number of hydrogen-bond acceptors (Lipinski definition) is 3. The number of rotatable bonds is 4. The molecule has 2 nitrogen and oxygen atoms in total. The first-order chi connectivity index (χ1) is 8.94. The van der Waals surface area contributed by atoms with Gasteiger partial charge in [0.25, 0.3) is 0 Å².